The van der Waals surface area contributed by atoms with Gasteiger partial charge in [-0.05, 0) is 31.4 Å². The van der Waals surface area contributed by atoms with E-state index in [1.54, 1.807) is 17.5 Å². The van der Waals surface area contributed by atoms with Crippen molar-refractivity contribution in [2.75, 3.05) is 6.54 Å². The van der Waals surface area contributed by atoms with Crippen LogP contribution >= 0.6 is 11.3 Å². The molecule has 0 aliphatic heterocycles. The lowest BCUT2D eigenvalue weighted by atomic mass is 9.91. The summed E-state index contributed by atoms with van der Waals surface area (Å²) in [6.07, 6.45) is 4.94. The Morgan fingerprint density at radius 1 is 1.38 bits per heavy atom. The fraction of sp³-hybridized carbons (Fsp3) is 0.444. The minimum absolute atomic E-state index is 0.241. The standard InChI is InChI=1S/C18H22FN3OS/c19-14-8-4-3-7-13(14)17(12-5-1-2-6-12)22-18(23)15-11-24-16(21-15)9-10-20/h3-4,7-8,11-12,17H,1-2,5-6,9-10,20H2,(H,22,23). The molecule has 1 heterocycles. The monoisotopic (exact) mass is 347 g/mol. The largest absolute Gasteiger partial charge is 0.343 e. The van der Waals surface area contributed by atoms with Gasteiger partial charge < -0.3 is 11.1 Å². The van der Waals surface area contributed by atoms with E-state index >= 15 is 0 Å². The normalized spacial score (nSPS) is 16.2. The fourth-order valence-corrected chi connectivity index (χ4v) is 4.13. The van der Waals surface area contributed by atoms with Gasteiger partial charge in [0.05, 0.1) is 11.0 Å². The van der Waals surface area contributed by atoms with Gasteiger partial charge in [0.1, 0.15) is 11.5 Å². The highest BCUT2D eigenvalue weighted by Crippen LogP contribution is 2.36. The first kappa shape index (κ1) is 17.0. The van der Waals surface area contributed by atoms with Crippen molar-refractivity contribution in [2.24, 2.45) is 11.7 Å². The molecule has 0 bridgehead atoms. The van der Waals surface area contributed by atoms with Crippen LogP contribution in [-0.2, 0) is 6.42 Å². The van der Waals surface area contributed by atoms with Crippen LogP contribution < -0.4 is 11.1 Å². The second-order valence-electron chi connectivity index (χ2n) is 6.18. The van der Waals surface area contributed by atoms with Crippen molar-refractivity contribution in [3.63, 3.8) is 0 Å². The maximum Gasteiger partial charge on any atom is 0.271 e. The first-order valence-corrected chi connectivity index (χ1v) is 9.26. The number of benzene rings is 1. The van der Waals surface area contributed by atoms with Gasteiger partial charge in [0.25, 0.3) is 5.91 Å². The molecule has 4 nitrogen and oxygen atoms in total. The summed E-state index contributed by atoms with van der Waals surface area (Å²) in [5.74, 6) is -0.237. The SMILES string of the molecule is NCCc1nc(C(=O)NC(c2ccccc2F)C2CCCC2)cs1. The molecular weight excluding hydrogens is 325 g/mol. The molecule has 1 fully saturated rings. The lowest BCUT2D eigenvalue weighted by Crippen LogP contribution is -2.33. The van der Waals surface area contributed by atoms with E-state index in [-0.39, 0.29) is 23.7 Å². The minimum Gasteiger partial charge on any atom is -0.343 e. The van der Waals surface area contributed by atoms with E-state index in [1.807, 2.05) is 6.07 Å². The molecule has 0 spiro atoms. The molecule has 1 atom stereocenters. The van der Waals surface area contributed by atoms with Gasteiger partial charge in [-0.3, -0.25) is 4.79 Å². The van der Waals surface area contributed by atoms with Gasteiger partial charge in [-0.15, -0.1) is 11.3 Å². The van der Waals surface area contributed by atoms with E-state index < -0.39 is 0 Å². The summed E-state index contributed by atoms with van der Waals surface area (Å²) in [5, 5.41) is 5.62. The number of halogens is 1. The molecule has 1 saturated carbocycles. The Kier molecular flexibility index (Phi) is 5.58. The third-order valence-electron chi connectivity index (χ3n) is 4.54. The van der Waals surface area contributed by atoms with Crippen LogP contribution in [0.15, 0.2) is 29.6 Å². The number of thiazole rings is 1. The smallest absolute Gasteiger partial charge is 0.271 e. The third-order valence-corrected chi connectivity index (χ3v) is 5.45. The van der Waals surface area contributed by atoms with Crippen LogP contribution in [0.1, 0.15) is 52.8 Å². The Morgan fingerprint density at radius 3 is 2.83 bits per heavy atom. The molecule has 2 aromatic rings. The number of carbonyl (C=O) groups excluding carboxylic acids is 1. The van der Waals surface area contributed by atoms with Gasteiger partial charge in [0.15, 0.2) is 0 Å². The summed E-state index contributed by atoms with van der Waals surface area (Å²) in [5.41, 5.74) is 6.48. The third kappa shape index (κ3) is 3.82. The van der Waals surface area contributed by atoms with Crippen molar-refractivity contribution in [1.29, 1.82) is 0 Å². The summed E-state index contributed by atoms with van der Waals surface area (Å²) < 4.78 is 14.3. The molecular formula is C18H22FN3OS. The van der Waals surface area contributed by atoms with Crippen molar-refractivity contribution >= 4 is 17.2 Å². The Bertz CT molecular complexity index is 697. The molecule has 0 saturated heterocycles. The Morgan fingerprint density at radius 2 is 2.12 bits per heavy atom. The van der Waals surface area contributed by atoms with E-state index in [0.717, 1.165) is 30.7 Å². The van der Waals surface area contributed by atoms with Crippen LogP contribution in [-0.4, -0.2) is 17.4 Å². The topological polar surface area (TPSA) is 68.0 Å². The van der Waals surface area contributed by atoms with Crippen LogP contribution in [0.3, 0.4) is 0 Å². The first-order chi connectivity index (χ1) is 11.7. The van der Waals surface area contributed by atoms with Crippen LogP contribution in [0.5, 0.6) is 0 Å². The highest BCUT2D eigenvalue weighted by atomic mass is 32.1. The molecule has 1 amide bonds. The Hall–Kier alpha value is -1.79. The van der Waals surface area contributed by atoms with Gasteiger partial charge in [-0.2, -0.15) is 0 Å². The summed E-state index contributed by atoms with van der Waals surface area (Å²) in [4.78, 5) is 16.9. The second kappa shape index (κ2) is 7.85. The first-order valence-electron chi connectivity index (χ1n) is 8.39. The van der Waals surface area contributed by atoms with Gasteiger partial charge in [0.2, 0.25) is 0 Å². The Balaban J connectivity index is 1.80. The highest BCUT2D eigenvalue weighted by Gasteiger charge is 2.30. The minimum atomic E-state index is -0.305. The summed E-state index contributed by atoms with van der Waals surface area (Å²) in [6, 6.07) is 6.40. The quantitative estimate of drug-likeness (QED) is 0.841. The lowest BCUT2D eigenvalue weighted by Gasteiger charge is -2.25. The summed E-state index contributed by atoms with van der Waals surface area (Å²) in [7, 11) is 0. The number of hydrogen-bond acceptors (Lipinski definition) is 4. The summed E-state index contributed by atoms with van der Waals surface area (Å²) >= 11 is 1.43. The average Bonchev–Trinajstić information content (AvgIpc) is 3.25. The molecule has 1 aliphatic rings. The molecule has 0 radical (unpaired) electrons. The van der Waals surface area contributed by atoms with Crippen molar-refractivity contribution < 1.29 is 9.18 Å². The number of aromatic nitrogens is 1. The van der Waals surface area contributed by atoms with Crippen LogP contribution in [0.4, 0.5) is 4.39 Å². The molecule has 3 N–H and O–H groups in total. The number of hydrogen-bond donors (Lipinski definition) is 2. The fourth-order valence-electron chi connectivity index (χ4n) is 3.34. The average molecular weight is 347 g/mol. The van der Waals surface area contributed by atoms with E-state index in [0.29, 0.717) is 24.2 Å². The van der Waals surface area contributed by atoms with Crippen molar-refractivity contribution in [2.45, 2.75) is 38.1 Å². The van der Waals surface area contributed by atoms with Crippen molar-refractivity contribution in [3.05, 3.63) is 51.7 Å². The number of nitrogens with zero attached hydrogens (tertiary/aromatic N) is 1. The zero-order valence-corrected chi connectivity index (χ0v) is 14.3. The maximum absolute atomic E-state index is 14.3. The molecule has 6 heteroatoms. The number of nitrogens with two attached hydrogens (primary N) is 1. The molecule has 1 aliphatic carbocycles. The zero-order chi connectivity index (χ0) is 16.9. The molecule has 3 rings (SSSR count). The predicted molar refractivity (Wildman–Crippen MR) is 93.4 cm³/mol. The van der Waals surface area contributed by atoms with Gasteiger partial charge >= 0.3 is 0 Å². The van der Waals surface area contributed by atoms with Crippen molar-refractivity contribution in [1.82, 2.24) is 10.3 Å². The Labute approximate surface area is 145 Å². The van der Waals surface area contributed by atoms with Crippen LogP contribution in [0.25, 0.3) is 0 Å². The molecule has 1 aromatic heterocycles. The molecule has 1 aromatic carbocycles. The number of carbonyl (C=O) groups is 1. The number of nitrogens with one attached hydrogen (secondary N) is 1. The maximum atomic E-state index is 14.3. The molecule has 1 unspecified atom stereocenters. The van der Waals surface area contributed by atoms with Gasteiger partial charge in [-0.25, -0.2) is 9.37 Å². The molecule has 24 heavy (non-hydrogen) atoms. The van der Waals surface area contributed by atoms with Crippen molar-refractivity contribution in [3.8, 4) is 0 Å². The highest BCUT2D eigenvalue weighted by molar-refractivity contribution is 7.09. The predicted octanol–water partition coefficient (Wildman–Crippen LogP) is 3.44. The number of rotatable bonds is 6. The summed E-state index contributed by atoms with van der Waals surface area (Å²) in [6.45, 7) is 0.508. The van der Waals surface area contributed by atoms with Crippen LogP contribution in [0, 0.1) is 11.7 Å². The van der Waals surface area contributed by atoms with E-state index in [1.165, 1.54) is 17.4 Å². The van der Waals surface area contributed by atoms with Crippen LogP contribution in [0.2, 0.25) is 0 Å². The van der Waals surface area contributed by atoms with E-state index in [4.69, 9.17) is 5.73 Å². The number of amides is 1. The zero-order valence-electron chi connectivity index (χ0n) is 13.5. The second-order valence-corrected chi connectivity index (χ2v) is 7.12. The van der Waals surface area contributed by atoms with E-state index in [2.05, 4.69) is 10.3 Å². The lowest BCUT2D eigenvalue weighted by molar-refractivity contribution is 0.0916. The van der Waals surface area contributed by atoms with Gasteiger partial charge in [0, 0.05) is 17.4 Å². The van der Waals surface area contributed by atoms with E-state index in [9.17, 15) is 9.18 Å². The molecule has 128 valence electrons. The van der Waals surface area contributed by atoms with Gasteiger partial charge in [-0.1, -0.05) is 31.0 Å².